The molecule has 0 aliphatic carbocycles. The van der Waals surface area contributed by atoms with Crippen LogP contribution in [0.5, 0.6) is 5.75 Å². The van der Waals surface area contributed by atoms with Crippen LogP contribution in [-0.2, 0) is 24.4 Å². The van der Waals surface area contributed by atoms with E-state index >= 15 is 0 Å². The fourth-order valence-corrected chi connectivity index (χ4v) is 2.03. The number of ether oxygens (including phenoxy) is 2. The van der Waals surface area contributed by atoms with Gasteiger partial charge in [0.1, 0.15) is 24.7 Å². The molecule has 0 bridgehead atoms. The number of nitrogens with zero attached hydrogens (tertiary/aromatic N) is 1. The summed E-state index contributed by atoms with van der Waals surface area (Å²) in [5.41, 5.74) is 7.29. The molecular weight excluding hydrogens is 280 g/mol. The fraction of sp³-hybridized carbons (Fsp3) is 0.357. The second kappa shape index (κ2) is 7.28. The number of benzene rings is 1. The van der Waals surface area contributed by atoms with E-state index in [9.17, 15) is 0 Å². The first-order chi connectivity index (χ1) is 9.72. The summed E-state index contributed by atoms with van der Waals surface area (Å²) in [4.78, 5) is 0. The van der Waals surface area contributed by atoms with Crippen LogP contribution in [0.1, 0.15) is 17.0 Å². The molecule has 1 aromatic heterocycles. The number of nitrogens with two attached hydrogens (primary N) is 1. The van der Waals surface area contributed by atoms with Gasteiger partial charge in [0.2, 0.25) is 0 Å². The molecule has 0 aliphatic heterocycles. The van der Waals surface area contributed by atoms with Gasteiger partial charge in [-0.1, -0.05) is 22.8 Å². The summed E-state index contributed by atoms with van der Waals surface area (Å²) in [6.45, 7) is 1.28. The van der Waals surface area contributed by atoms with Crippen molar-refractivity contribution < 1.29 is 14.0 Å². The molecule has 0 aliphatic rings. The molecule has 0 amide bonds. The van der Waals surface area contributed by atoms with Crippen LogP contribution in [0.25, 0.3) is 0 Å². The molecule has 20 heavy (non-hydrogen) atoms. The summed E-state index contributed by atoms with van der Waals surface area (Å²) < 4.78 is 15.6. The molecule has 1 heterocycles. The maximum absolute atomic E-state index is 6.16. The Morgan fingerprint density at radius 1 is 1.30 bits per heavy atom. The highest BCUT2D eigenvalue weighted by atomic mass is 35.5. The van der Waals surface area contributed by atoms with E-state index in [4.69, 9.17) is 31.3 Å². The minimum atomic E-state index is 0.295. The highest BCUT2D eigenvalue weighted by molar-refractivity contribution is 6.32. The van der Waals surface area contributed by atoms with Gasteiger partial charge in [-0.15, -0.1) is 0 Å². The van der Waals surface area contributed by atoms with Gasteiger partial charge >= 0.3 is 0 Å². The first-order valence-corrected chi connectivity index (χ1v) is 6.65. The summed E-state index contributed by atoms with van der Waals surface area (Å²) in [7, 11) is 1.60. The third-order valence-electron chi connectivity index (χ3n) is 2.70. The average molecular weight is 297 g/mol. The molecule has 1 aromatic carbocycles. The lowest BCUT2D eigenvalue weighted by molar-refractivity contribution is 0.155. The quantitative estimate of drug-likeness (QED) is 0.850. The van der Waals surface area contributed by atoms with Crippen molar-refractivity contribution >= 4 is 11.6 Å². The largest absolute Gasteiger partial charge is 0.486 e. The zero-order valence-electron chi connectivity index (χ0n) is 11.3. The molecule has 0 unspecified atom stereocenters. The lowest BCUT2D eigenvalue weighted by atomic mass is 10.1. The van der Waals surface area contributed by atoms with E-state index in [-0.39, 0.29) is 0 Å². The van der Waals surface area contributed by atoms with E-state index in [1.807, 2.05) is 18.2 Å². The van der Waals surface area contributed by atoms with Gasteiger partial charge in [0.15, 0.2) is 5.76 Å². The fourth-order valence-electron chi connectivity index (χ4n) is 1.77. The summed E-state index contributed by atoms with van der Waals surface area (Å²) in [6.07, 6.45) is 0.795. The minimum Gasteiger partial charge on any atom is -0.486 e. The predicted molar refractivity (Wildman–Crippen MR) is 75.8 cm³/mol. The average Bonchev–Trinajstić information content (AvgIpc) is 2.86. The third-order valence-corrected chi connectivity index (χ3v) is 2.99. The molecule has 5 nitrogen and oxygen atoms in total. The van der Waals surface area contributed by atoms with Crippen molar-refractivity contribution in [3.8, 4) is 5.75 Å². The van der Waals surface area contributed by atoms with E-state index in [1.165, 1.54) is 0 Å². The van der Waals surface area contributed by atoms with Crippen molar-refractivity contribution in [3.05, 3.63) is 46.3 Å². The topological polar surface area (TPSA) is 70.5 Å². The zero-order valence-corrected chi connectivity index (χ0v) is 12.0. The van der Waals surface area contributed by atoms with Crippen molar-refractivity contribution in [1.82, 2.24) is 5.16 Å². The van der Waals surface area contributed by atoms with Crippen molar-refractivity contribution in [2.24, 2.45) is 5.73 Å². The number of hydrogen-bond acceptors (Lipinski definition) is 5. The van der Waals surface area contributed by atoms with Crippen molar-refractivity contribution in [2.75, 3.05) is 13.7 Å². The molecule has 0 radical (unpaired) electrons. The molecule has 0 saturated carbocycles. The second-order valence-electron chi connectivity index (χ2n) is 4.31. The minimum absolute atomic E-state index is 0.295. The number of hydrogen-bond donors (Lipinski definition) is 1. The van der Waals surface area contributed by atoms with Gasteiger partial charge in [0.25, 0.3) is 0 Å². The van der Waals surface area contributed by atoms with E-state index in [1.54, 1.807) is 13.2 Å². The Morgan fingerprint density at radius 2 is 2.15 bits per heavy atom. The van der Waals surface area contributed by atoms with E-state index < -0.39 is 0 Å². The molecule has 108 valence electrons. The number of methoxy groups -OCH3 is 1. The number of aromatic nitrogens is 1. The van der Waals surface area contributed by atoms with Crippen molar-refractivity contribution in [2.45, 2.75) is 19.6 Å². The van der Waals surface area contributed by atoms with Crippen LogP contribution in [0.15, 0.2) is 28.8 Å². The van der Waals surface area contributed by atoms with Gasteiger partial charge < -0.3 is 19.7 Å². The van der Waals surface area contributed by atoms with E-state index in [0.717, 1.165) is 12.0 Å². The van der Waals surface area contributed by atoms with Crippen LogP contribution in [0.4, 0.5) is 0 Å². The van der Waals surface area contributed by atoms with Gasteiger partial charge in [-0.25, -0.2) is 0 Å². The van der Waals surface area contributed by atoms with Crippen LogP contribution in [0, 0.1) is 0 Å². The normalized spacial score (nSPS) is 10.8. The monoisotopic (exact) mass is 296 g/mol. The predicted octanol–water partition coefficient (Wildman–Crippen LogP) is 2.55. The first-order valence-electron chi connectivity index (χ1n) is 6.27. The molecule has 0 saturated heterocycles. The zero-order chi connectivity index (χ0) is 14.4. The first kappa shape index (κ1) is 14.8. The summed E-state index contributed by atoms with van der Waals surface area (Å²) >= 11 is 6.16. The Labute approximate surface area is 122 Å². The Morgan fingerprint density at radius 3 is 2.85 bits per heavy atom. The van der Waals surface area contributed by atoms with Gasteiger partial charge in [0, 0.05) is 13.2 Å². The van der Waals surface area contributed by atoms with Gasteiger partial charge in [-0.05, 0) is 30.7 Å². The maximum atomic E-state index is 6.16. The van der Waals surface area contributed by atoms with Crippen LogP contribution >= 0.6 is 11.6 Å². The lowest BCUT2D eigenvalue weighted by Gasteiger charge is -2.07. The molecule has 2 aromatic rings. The summed E-state index contributed by atoms with van der Waals surface area (Å²) in [5, 5.41) is 4.45. The molecule has 0 fully saturated rings. The highest BCUT2D eigenvalue weighted by Gasteiger charge is 2.07. The molecule has 2 N–H and O–H groups in total. The molecule has 0 spiro atoms. The van der Waals surface area contributed by atoms with E-state index in [2.05, 4.69) is 5.16 Å². The van der Waals surface area contributed by atoms with Crippen LogP contribution in [0.2, 0.25) is 5.02 Å². The van der Waals surface area contributed by atoms with Crippen molar-refractivity contribution in [1.29, 1.82) is 0 Å². The Hall–Kier alpha value is -1.56. The molecule has 6 heteroatoms. The molecule has 0 atom stereocenters. The highest BCUT2D eigenvalue weighted by Crippen LogP contribution is 2.26. The van der Waals surface area contributed by atoms with Crippen molar-refractivity contribution in [3.63, 3.8) is 0 Å². The molecule has 2 rings (SSSR count). The maximum Gasteiger partial charge on any atom is 0.162 e. The standard InChI is InChI=1S/C14H17ClN2O3/c1-18-9-12-7-11(17-20-12)8-19-14-3-2-10(4-5-16)6-13(14)15/h2-3,6-7H,4-5,8-9,16H2,1H3. The number of halogens is 1. The van der Waals surface area contributed by atoms with Crippen LogP contribution in [-0.4, -0.2) is 18.8 Å². The summed E-state index contributed by atoms with van der Waals surface area (Å²) in [6, 6.07) is 7.44. The van der Waals surface area contributed by atoms with Gasteiger partial charge in [-0.3, -0.25) is 0 Å². The molecular formula is C14H17ClN2O3. The summed E-state index contributed by atoms with van der Waals surface area (Å²) in [5.74, 6) is 1.28. The van der Waals surface area contributed by atoms with Gasteiger partial charge in [0.05, 0.1) is 5.02 Å². The smallest absolute Gasteiger partial charge is 0.162 e. The SMILES string of the molecule is COCc1cc(COc2ccc(CCN)cc2Cl)no1. The third kappa shape index (κ3) is 3.96. The van der Waals surface area contributed by atoms with Gasteiger partial charge in [-0.2, -0.15) is 0 Å². The van der Waals surface area contributed by atoms with Crippen LogP contribution < -0.4 is 10.5 Å². The second-order valence-corrected chi connectivity index (χ2v) is 4.72. The Bertz CT molecular complexity index is 557. The Kier molecular flexibility index (Phi) is 5.40. The van der Waals surface area contributed by atoms with E-state index in [0.29, 0.717) is 42.0 Å². The number of rotatable bonds is 7. The lowest BCUT2D eigenvalue weighted by Crippen LogP contribution is -2.03. The Balaban J connectivity index is 1.95. The van der Waals surface area contributed by atoms with Crippen LogP contribution in [0.3, 0.4) is 0 Å².